The van der Waals surface area contributed by atoms with Crippen molar-refractivity contribution >= 4 is 34.9 Å². The Bertz CT molecular complexity index is 1160. The van der Waals surface area contributed by atoms with Crippen molar-refractivity contribution in [3.63, 3.8) is 0 Å². The van der Waals surface area contributed by atoms with Gasteiger partial charge in [0.1, 0.15) is 5.82 Å². The summed E-state index contributed by atoms with van der Waals surface area (Å²) in [5, 5.41) is 5.64. The van der Waals surface area contributed by atoms with Crippen LogP contribution in [0.2, 0.25) is 0 Å². The van der Waals surface area contributed by atoms with Crippen LogP contribution < -0.4 is 15.5 Å². The van der Waals surface area contributed by atoms with E-state index >= 15 is 0 Å². The highest BCUT2D eigenvalue weighted by Gasteiger charge is 2.30. The summed E-state index contributed by atoms with van der Waals surface area (Å²) in [7, 11) is 0. The third kappa shape index (κ3) is 6.03. The first-order chi connectivity index (χ1) is 18.0. The van der Waals surface area contributed by atoms with Gasteiger partial charge in [-0.2, -0.15) is 0 Å². The molecule has 2 heterocycles. The van der Waals surface area contributed by atoms with Gasteiger partial charge in [0.15, 0.2) is 0 Å². The number of amides is 4. The van der Waals surface area contributed by atoms with E-state index in [1.165, 1.54) is 6.07 Å². The van der Waals surface area contributed by atoms with Crippen molar-refractivity contribution in [2.45, 2.75) is 38.5 Å². The van der Waals surface area contributed by atoms with Gasteiger partial charge in [-0.05, 0) is 68.9 Å². The van der Waals surface area contributed by atoms with E-state index in [1.54, 1.807) is 29.2 Å². The number of benzene rings is 2. The second kappa shape index (κ2) is 11.2. The van der Waals surface area contributed by atoms with E-state index < -0.39 is 5.82 Å². The minimum Gasteiger partial charge on any atom is -0.369 e. The highest BCUT2D eigenvalue weighted by Crippen LogP contribution is 2.32. The zero-order valence-electron chi connectivity index (χ0n) is 21.0. The summed E-state index contributed by atoms with van der Waals surface area (Å²) < 4.78 is 14.0. The van der Waals surface area contributed by atoms with E-state index in [9.17, 15) is 18.8 Å². The third-order valence-electron chi connectivity index (χ3n) is 7.33. The number of carbonyl (C=O) groups is 3. The molecule has 0 bridgehead atoms. The van der Waals surface area contributed by atoms with Crippen LogP contribution in [-0.2, 0) is 4.79 Å². The van der Waals surface area contributed by atoms with Gasteiger partial charge in [0.25, 0.3) is 5.91 Å². The Balaban J connectivity index is 1.32. The van der Waals surface area contributed by atoms with Crippen LogP contribution >= 0.6 is 0 Å². The van der Waals surface area contributed by atoms with Gasteiger partial charge in [0, 0.05) is 56.6 Å². The Hall–Kier alpha value is -3.62. The molecule has 2 N–H and O–H groups in total. The van der Waals surface area contributed by atoms with Crippen LogP contribution in [0.4, 0.5) is 26.2 Å². The Kier molecular flexibility index (Phi) is 7.58. The number of carbonyl (C=O) groups excluding carboxylic acids is 3. The summed E-state index contributed by atoms with van der Waals surface area (Å²) in [5.41, 5.74) is 2.20. The second-order valence-electron chi connectivity index (χ2n) is 10.1. The van der Waals surface area contributed by atoms with E-state index in [2.05, 4.69) is 15.5 Å². The first-order valence-corrected chi connectivity index (χ1v) is 13.3. The topological polar surface area (TPSA) is 85.0 Å². The zero-order valence-corrected chi connectivity index (χ0v) is 21.0. The molecule has 4 amide bonds. The summed E-state index contributed by atoms with van der Waals surface area (Å²) in [6.07, 6.45) is 5.66. The number of rotatable bonds is 5. The van der Waals surface area contributed by atoms with E-state index in [4.69, 9.17) is 0 Å². The number of urea groups is 1. The van der Waals surface area contributed by atoms with Crippen LogP contribution in [0.3, 0.4) is 0 Å². The van der Waals surface area contributed by atoms with Crippen molar-refractivity contribution in [1.82, 2.24) is 9.80 Å². The molecular formula is C28H34FN5O3. The maximum absolute atomic E-state index is 14.0. The highest BCUT2D eigenvalue weighted by molar-refractivity contribution is 6.02. The number of para-hydroxylation sites is 1. The van der Waals surface area contributed by atoms with Crippen LogP contribution in [-0.4, -0.2) is 66.9 Å². The fourth-order valence-electron chi connectivity index (χ4n) is 5.04. The monoisotopic (exact) mass is 507 g/mol. The van der Waals surface area contributed by atoms with Gasteiger partial charge in [0.05, 0.1) is 11.3 Å². The van der Waals surface area contributed by atoms with Gasteiger partial charge in [-0.3, -0.25) is 9.59 Å². The number of hydrogen-bond donors (Lipinski definition) is 2. The van der Waals surface area contributed by atoms with Crippen LogP contribution in [0.15, 0.2) is 42.5 Å². The molecule has 2 aromatic carbocycles. The van der Waals surface area contributed by atoms with Crippen LogP contribution in [0, 0.1) is 11.7 Å². The van der Waals surface area contributed by atoms with E-state index in [1.807, 2.05) is 17.0 Å². The normalized spacial score (nSPS) is 18.2. The number of hydrogen-bond acceptors (Lipinski definition) is 4. The fourth-order valence-corrected chi connectivity index (χ4v) is 5.04. The van der Waals surface area contributed by atoms with E-state index in [0.717, 1.165) is 50.9 Å². The van der Waals surface area contributed by atoms with Gasteiger partial charge in [-0.25, -0.2) is 9.18 Å². The summed E-state index contributed by atoms with van der Waals surface area (Å²) >= 11 is 0. The number of nitrogens with zero attached hydrogens (tertiary/aromatic N) is 3. The molecule has 1 saturated carbocycles. The van der Waals surface area contributed by atoms with Crippen LogP contribution in [0.5, 0.6) is 0 Å². The molecule has 5 rings (SSSR count). The van der Waals surface area contributed by atoms with Crippen molar-refractivity contribution in [1.29, 1.82) is 0 Å². The molecule has 2 saturated heterocycles. The average Bonchev–Trinajstić information content (AvgIpc) is 3.78. The first-order valence-electron chi connectivity index (χ1n) is 13.3. The smallest absolute Gasteiger partial charge is 0.321 e. The molecular weight excluding hydrogens is 473 g/mol. The standard InChI is InChI=1S/C28H34FN5O3/c29-23-7-2-3-8-24(23)31-28(37)34-16-6-15-32(17-18-34)25-12-11-21(30-26(35)20-9-10-20)19-22(25)27(36)33-13-4-1-5-14-33/h2-3,7-8,11-12,19-20H,1,4-6,9-10,13-18H2,(H,30,35)(H,31,37). The molecule has 2 aliphatic heterocycles. The quantitative estimate of drug-likeness (QED) is 0.622. The van der Waals surface area contributed by atoms with Gasteiger partial charge >= 0.3 is 6.03 Å². The summed E-state index contributed by atoms with van der Waals surface area (Å²) in [5.74, 6) is -0.402. The minimum absolute atomic E-state index is 0.00963. The van der Waals surface area contributed by atoms with Crippen molar-refractivity contribution in [3.05, 3.63) is 53.8 Å². The molecule has 0 atom stereocenters. The van der Waals surface area contributed by atoms with E-state index in [0.29, 0.717) is 43.9 Å². The maximum atomic E-state index is 14.0. The number of likely N-dealkylation sites (tertiary alicyclic amines) is 1. The average molecular weight is 508 g/mol. The van der Waals surface area contributed by atoms with Crippen LogP contribution in [0.25, 0.3) is 0 Å². The molecule has 37 heavy (non-hydrogen) atoms. The lowest BCUT2D eigenvalue weighted by Gasteiger charge is -2.30. The lowest BCUT2D eigenvalue weighted by Crippen LogP contribution is -2.39. The maximum Gasteiger partial charge on any atom is 0.321 e. The lowest BCUT2D eigenvalue weighted by atomic mass is 10.1. The predicted molar refractivity (Wildman–Crippen MR) is 141 cm³/mol. The van der Waals surface area contributed by atoms with Gasteiger partial charge in [-0.1, -0.05) is 12.1 Å². The lowest BCUT2D eigenvalue weighted by molar-refractivity contribution is -0.117. The summed E-state index contributed by atoms with van der Waals surface area (Å²) in [6, 6.07) is 11.4. The molecule has 8 nitrogen and oxygen atoms in total. The fraction of sp³-hybridized carbons (Fsp3) is 0.464. The van der Waals surface area contributed by atoms with Crippen LogP contribution in [0.1, 0.15) is 48.9 Å². The Morgan fingerprint density at radius 1 is 0.784 bits per heavy atom. The first kappa shape index (κ1) is 25.0. The molecule has 0 unspecified atom stereocenters. The highest BCUT2D eigenvalue weighted by atomic mass is 19.1. The molecule has 0 radical (unpaired) electrons. The van der Waals surface area contributed by atoms with Crippen molar-refractivity contribution in [2.24, 2.45) is 5.92 Å². The summed E-state index contributed by atoms with van der Waals surface area (Å²) in [4.78, 5) is 44.5. The van der Waals surface area contributed by atoms with Crippen molar-refractivity contribution < 1.29 is 18.8 Å². The van der Waals surface area contributed by atoms with Gasteiger partial charge < -0.3 is 25.3 Å². The van der Waals surface area contributed by atoms with Gasteiger partial charge in [-0.15, -0.1) is 0 Å². The minimum atomic E-state index is -0.470. The Morgan fingerprint density at radius 3 is 2.30 bits per heavy atom. The number of nitrogens with one attached hydrogen (secondary N) is 2. The molecule has 2 aromatic rings. The van der Waals surface area contributed by atoms with Crippen molar-refractivity contribution in [2.75, 3.05) is 54.8 Å². The number of halogens is 1. The number of piperidine rings is 1. The zero-order chi connectivity index (χ0) is 25.8. The molecule has 9 heteroatoms. The van der Waals surface area contributed by atoms with Crippen molar-refractivity contribution in [3.8, 4) is 0 Å². The largest absolute Gasteiger partial charge is 0.369 e. The molecule has 3 fully saturated rings. The van der Waals surface area contributed by atoms with Gasteiger partial charge in [0.2, 0.25) is 5.91 Å². The Morgan fingerprint density at radius 2 is 1.54 bits per heavy atom. The Labute approximate surface area is 216 Å². The second-order valence-corrected chi connectivity index (χ2v) is 10.1. The molecule has 3 aliphatic rings. The molecule has 1 aliphatic carbocycles. The van der Waals surface area contributed by atoms with E-state index in [-0.39, 0.29) is 29.5 Å². The third-order valence-corrected chi connectivity index (χ3v) is 7.33. The SMILES string of the molecule is O=C(Nc1ccc(N2CCCN(C(=O)Nc3ccccc3F)CC2)c(C(=O)N2CCCCC2)c1)C1CC1. The number of anilines is 3. The molecule has 196 valence electrons. The summed E-state index contributed by atoms with van der Waals surface area (Å²) in [6.45, 7) is 3.66. The predicted octanol–water partition coefficient (Wildman–Crippen LogP) is 4.54. The molecule has 0 aromatic heterocycles. The molecule has 0 spiro atoms.